The second-order valence-electron chi connectivity index (χ2n) is 5.08. The zero-order chi connectivity index (χ0) is 14.5. The molecular formula is C14H18ClFN2O2. The first-order valence-electron chi connectivity index (χ1n) is 6.71. The number of hydrogen-bond acceptors (Lipinski definition) is 2. The van der Waals surface area contributed by atoms with E-state index in [2.05, 4.69) is 10.6 Å². The molecule has 1 aliphatic rings. The van der Waals surface area contributed by atoms with Crippen molar-refractivity contribution in [3.8, 4) is 0 Å². The Bertz CT molecular complexity index is 476. The molecule has 0 spiro atoms. The molecule has 0 atom stereocenters. The van der Waals surface area contributed by atoms with E-state index in [-0.39, 0.29) is 23.2 Å². The van der Waals surface area contributed by atoms with Crippen LogP contribution in [0.2, 0.25) is 5.02 Å². The first-order chi connectivity index (χ1) is 9.54. The molecule has 1 fully saturated rings. The minimum atomic E-state index is -0.472. The molecule has 0 unspecified atom stereocenters. The van der Waals surface area contributed by atoms with Gasteiger partial charge in [0.1, 0.15) is 5.82 Å². The number of hydrogen-bond donors (Lipinski definition) is 3. The van der Waals surface area contributed by atoms with Crippen LogP contribution in [-0.2, 0) is 6.54 Å². The molecule has 3 N–H and O–H groups in total. The number of aliphatic hydroxyl groups excluding tert-OH is 1. The molecule has 2 rings (SSSR count). The van der Waals surface area contributed by atoms with Gasteiger partial charge < -0.3 is 15.7 Å². The van der Waals surface area contributed by atoms with Gasteiger partial charge in [-0.15, -0.1) is 0 Å². The van der Waals surface area contributed by atoms with Crippen molar-refractivity contribution in [1.29, 1.82) is 0 Å². The number of aliphatic hydroxyl groups is 1. The van der Waals surface area contributed by atoms with Gasteiger partial charge in [-0.1, -0.05) is 17.7 Å². The van der Waals surface area contributed by atoms with E-state index in [9.17, 15) is 14.3 Å². The lowest BCUT2D eigenvalue weighted by Gasteiger charge is -2.26. The highest BCUT2D eigenvalue weighted by atomic mass is 35.5. The van der Waals surface area contributed by atoms with Crippen LogP contribution >= 0.6 is 11.6 Å². The van der Waals surface area contributed by atoms with Gasteiger partial charge in [0.05, 0.1) is 11.1 Å². The monoisotopic (exact) mass is 300 g/mol. The molecule has 0 aromatic heterocycles. The number of amides is 2. The van der Waals surface area contributed by atoms with E-state index in [4.69, 9.17) is 11.6 Å². The number of carbonyl (C=O) groups is 1. The fourth-order valence-corrected chi connectivity index (χ4v) is 2.49. The minimum Gasteiger partial charge on any atom is -0.393 e. The van der Waals surface area contributed by atoms with Gasteiger partial charge in [0, 0.05) is 12.6 Å². The zero-order valence-corrected chi connectivity index (χ0v) is 11.8. The predicted octanol–water partition coefficient (Wildman–Crippen LogP) is 2.58. The molecule has 0 heterocycles. The summed E-state index contributed by atoms with van der Waals surface area (Å²) in [4.78, 5) is 11.7. The quantitative estimate of drug-likeness (QED) is 0.803. The predicted molar refractivity (Wildman–Crippen MR) is 75.0 cm³/mol. The maximum Gasteiger partial charge on any atom is 0.315 e. The van der Waals surface area contributed by atoms with Crippen LogP contribution in [0, 0.1) is 5.82 Å². The highest BCUT2D eigenvalue weighted by molar-refractivity contribution is 6.30. The fraction of sp³-hybridized carbons (Fsp3) is 0.500. The molecule has 0 saturated heterocycles. The highest BCUT2D eigenvalue weighted by Crippen LogP contribution is 2.18. The summed E-state index contributed by atoms with van der Waals surface area (Å²) in [5.41, 5.74) is 0.741. The molecule has 0 radical (unpaired) electrons. The van der Waals surface area contributed by atoms with E-state index in [0.29, 0.717) is 6.54 Å². The summed E-state index contributed by atoms with van der Waals surface area (Å²) in [5, 5.41) is 15.0. The third-order valence-corrected chi connectivity index (χ3v) is 3.76. The van der Waals surface area contributed by atoms with E-state index in [1.54, 1.807) is 6.07 Å². The zero-order valence-electron chi connectivity index (χ0n) is 11.0. The standard InChI is InChI=1S/C14H18ClFN2O2/c15-12-7-9(1-6-13(12)16)8-17-14(20)18-10-2-4-11(19)5-3-10/h1,6-7,10-11,19H,2-5,8H2,(H2,17,18,20). The van der Waals surface area contributed by atoms with Crippen LogP contribution in [0.4, 0.5) is 9.18 Å². The number of benzene rings is 1. The van der Waals surface area contributed by atoms with Crippen molar-refractivity contribution >= 4 is 17.6 Å². The first kappa shape index (κ1) is 15.1. The maximum absolute atomic E-state index is 13.0. The SMILES string of the molecule is O=C(NCc1ccc(F)c(Cl)c1)NC1CCC(O)CC1. The van der Waals surface area contributed by atoms with Gasteiger partial charge in [-0.3, -0.25) is 0 Å². The van der Waals surface area contributed by atoms with Gasteiger partial charge in [-0.25, -0.2) is 9.18 Å². The Hall–Kier alpha value is -1.33. The van der Waals surface area contributed by atoms with Gasteiger partial charge >= 0.3 is 6.03 Å². The lowest BCUT2D eigenvalue weighted by Crippen LogP contribution is -2.43. The largest absolute Gasteiger partial charge is 0.393 e. The molecule has 4 nitrogen and oxygen atoms in total. The second kappa shape index (κ2) is 6.90. The molecular weight excluding hydrogens is 283 g/mol. The summed E-state index contributed by atoms with van der Waals surface area (Å²) in [5.74, 6) is -0.472. The fourth-order valence-electron chi connectivity index (χ4n) is 2.29. The van der Waals surface area contributed by atoms with Crippen molar-refractivity contribution in [2.75, 3.05) is 0 Å². The summed E-state index contributed by atoms with van der Waals surface area (Å²) in [6, 6.07) is 4.20. The van der Waals surface area contributed by atoms with Gasteiger partial charge in [0.25, 0.3) is 0 Å². The van der Waals surface area contributed by atoms with E-state index >= 15 is 0 Å². The second-order valence-corrected chi connectivity index (χ2v) is 5.49. The Morgan fingerprint density at radius 1 is 1.35 bits per heavy atom. The van der Waals surface area contributed by atoms with Crippen LogP contribution in [0.25, 0.3) is 0 Å². The Morgan fingerprint density at radius 3 is 2.70 bits per heavy atom. The third kappa shape index (κ3) is 4.35. The van der Waals surface area contributed by atoms with E-state index < -0.39 is 5.82 Å². The molecule has 1 aliphatic carbocycles. The number of halogens is 2. The van der Waals surface area contributed by atoms with Crippen molar-refractivity contribution in [3.63, 3.8) is 0 Å². The molecule has 1 saturated carbocycles. The molecule has 2 amide bonds. The summed E-state index contributed by atoms with van der Waals surface area (Å²) < 4.78 is 13.0. The van der Waals surface area contributed by atoms with Gasteiger partial charge in [0.2, 0.25) is 0 Å². The van der Waals surface area contributed by atoms with E-state index in [0.717, 1.165) is 31.2 Å². The Labute approximate surface area is 122 Å². The lowest BCUT2D eigenvalue weighted by atomic mass is 9.93. The normalized spacial score (nSPS) is 22.4. The maximum atomic E-state index is 13.0. The molecule has 20 heavy (non-hydrogen) atoms. The summed E-state index contributed by atoms with van der Waals surface area (Å²) in [7, 11) is 0. The molecule has 1 aromatic carbocycles. The number of urea groups is 1. The molecule has 1 aromatic rings. The van der Waals surface area contributed by atoms with Gasteiger partial charge in [-0.2, -0.15) is 0 Å². The average Bonchev–Trinajstić information content (AvgIpc) is 2.43. The van der Waals surface area contributed by atoms with Gasteiger partial charge in [-0.05, 0) is 43.4 Å². The van der Waals surface area contributed by atoms with Crippen LogP contribution in [-0.4, -0.2) is 23.3 Å². The van der Waals surface area contributed by atoms with Crippen LogP contribution in [0.3, 0.4) is 0 Å². The molecule has 110 valence electrons. The highest BCUT2D eigenvalue weighted by Gasteiger charge is 2.20. The van der Waals surface area contributed by atoms with E-state index in [1.165, 1.54) is 12.1 Å². The van der Waals surface area contributed by atoms with Crippen molar-refractivity contribution < 1.29 is 14.3 Å². The Balaban J connectivity index is 1.76. The van der Waals surface area contributed by atoms with Crippen molar-refractivity contribution in [3.05, 3.63) is 34.6 Å². The number of carbonyl (C=O) groups excluding carboxylic acids is 1. The Morgan fingerprint density at radius 2 is 2.05 bits per heavy atom. The van der Waals surface area contributed by atoms with Crippen molar-refractivity contribution in [1.82, 2.24) is 10.6 Å². The molecule has 6 heteroatoms. The molecule has 0 bridgehead atoms. The first-order valence-corrected chi connectivity index (χ1v) is 7.09. The number of nitrogens with one attached hydrogen (secondary N) is 2. The smallest absolute Gasteiger partial charge is 0.315 e. The Kier molecular flexibility index (Phi) is 5.20. The summed E-state index contributed by atoms with van der Waals surface area (Å²) in [6.07, 6.45) is 2.78. The third-order valence-electron chi connectivity index (χ3n) is 3.47. The average molecular weight is 301 g/mol. The lowest BCUT2D eigenvalue weighted by molar-refractivity contribution is 0.117. The van der Waals surface area contributed by atoms with Gasteiger partial charge in [0.15, 0.2) is 0 Å². The van der Waals surface area contributed by atoms with Crippen LogP contribution in [0.1, 0.15) is 31.2 Å². The van der Waals surface area contributed by atoms with Crippen LogP contribution in [0.15, 0.2) is 18.2 Å². The topological polar surface area (TPSA) is 61.4 Å². The minimum absolute atomic E-state index is 0.0472. The van der Waals surface area contributed by atoms with Crippen molar-refractivity contribution in [2.24, 2.45) is 0 Å². The van der Waals surface area contributed by atoms with E-state index in [1.807, 2.05) is 0 Å². The van der Waals surface area contributed by atoms with Crippen molar-refractivity contribution in [2.45, 2.75) is 44.4 Å². The summed E-state index contributed by atoms with van der Waals surface area (Å²) in [6.45, 7) is 0.293. The number of rotatable bonds is 3. The van der Waals surface area contributed by atoms with Crippen LogP contribution < -0.4 is 10.6 Å². The van der Waals surface area contributed by atoms with Crippen LogP contribution in [0.5, 0.6) is 0 Å². The summed E-state index contributed by atoms with van der Waals surface area (Å²) >= 11 is 5.67. The molecule has 0 aliphatic heterocycles.